The summed E-state index contributed by atoms with van der Waals surface area (Å²) in [7, 11) is 0. The van der Waals surface area contributed by atoms with Crippen molar-refractivity contribution in [1.29, 1.82) is 0 Å². The fourth-order valence-electron chi connectivity index (χ4n) is 2.85. The number of ether oxygens (including phenoxy) is 2. The summed E-state index contributed by atoms with van der Waals surface area (Å²) < 4.78 is 10.9. The van der Waals surface area contributed by atoms with E-state index >= 15 is 0 Å². The molecule has 0 bridgehead atoms. The molecule has 1 atom stereocenters. The predicted molar refractivity (Wildman–Crippen MR) is 102 cm³/mol. The van der Waals surface area contributed by atoms with Gasteiger partial charge in [-0.15, -0.1) is 0 Å². The van der Waals surface area contributed by atoms with Crippen LogP contribution in [0.25, 0.3) is 0 Å². The average Bonchev–Trinajstić information content (AvgIpc) is 2.67. The third-order valence-corrected chi connectivity index (χ3v) is 4.17. The lowest BCUT2D eigenvalue weighted by atomic mass is 10.1. The van der Waals surface area contributed by atoms with Crippen LogP contribution in [0.1, 0.15) is 24.2 Å². The number of nitrogens with zero attached hydrogens (tertiary/aromatic N) is 1. The number of amides is 2. The number of nitrogens with one attached hydrogen (secondary N) is 1. The normalized spacial score (nSPS) is 15.4. The molecule has 0 fully saturated rings. The first-order valence-electron chi connectivity index (χ1n) is 8.77. The lowest BCUT2D eigenvalue weighted by Gasteiger charge is -2.32. The monoisotopic (exact) mass is 384 g/mol. The first kappa shape index (κ1) is 19.2. The highest BCUT2D eigenvalue weighted by atomic mass is 16.5. The maximum atomic E-state index is 12.5. The van der Waals surface area contributed by atoms with Gasteiger partial charge < -0.3 is 19.9 Å². The number of hydrogen-bond donors (Lipinski definition) is 2. The third-order valence-electron chi connectivity index (χ3n) is 4.17. The van der Waals surface area contributed by atoms with Gasteiger partial charge in [-0.3, -0.25) is 14.5 Å². The lowest BCUT2D eigenvalue weighted by Crippen LogP contribution is -2.47. The van der Waals surface area contributed by atoms with Gasteiger partial charge in [0, 0.05) is 5.69 Å². The lowest BCUT2D eigenvalue weighted by molar-refractivity contribution is -0.127. The quantitative estimate of drug-likeness (QED) is 0.793. The standard InChI is InChI=1S/C20H20N2O6/c1-3-27-15-7-5-14(6-8-15)21-18(23)11-22-16-10-13(20(25)26)4-9-17(16)28-12(2)19(22)24/h4-10,12H,3,11H2,1-2H3,(H,21,23)(H,25,26). The Morgan fingerprint density at radius 3 is 2.57 bits per heavy atom. The van der Waals surface area contributed by atoms with Gasteiger partial charge in [0.2, 0.25) is 5.91 Å². The SMILES string of the molecule is CCOc1ccc(NC(=O)CN2C(=O)C(C)Oc3ccc(C(=O)O)cc32)cc1. The van der Waals surface area contributed by atoms with Crippen LogP contribution < -0.4 is 19.7 Å². The van der Waals surface area contributed by atoms with Crippen LogP contribution in [0.3, 0.4) is 0 Å². The number of aromatic carboxylic acids is 1. The molecule has 28 heavy (non-hydrogen) atoms. The number of benzene rings is 2. The van der Waals surface area contributed by atoms with Gasteiger partial charge >= 0.3 is 5.97 Å². The van der Waals surface area contributed by atoms with Crippen LogP contribution in [0.5, 0.6) is 11.5 Å². The molecule has 1 aliphatic rings. The van der Waals surface area contributed by atoms with Crippen molar-refractivity contribution in [2.45, 2.75) is 20.0 Å². The van der Waals surface area contributed by atoms with Gasteiger partial charge in [-0.1, -0.05) is 0 Å². The second kappa shape index (κ2) is 7.99. The molecule has 2 aromatic carbocycles. The molecule has 0 radical (unpaired) electrons. The van der Waals surface area contributed by atoms with E-state index in [2.05, 4.69) is 5.32 Å². The minimum atomic E-state index is -1.13. The molecule has 8 nitrogen and oxygen atoms in total. The third kappa shape index (κ3) is 4.06. The Hall–Kier alpha value is -3.55. The second-order valence-corrected chi connectivity index (χ2v) is 6.18. The molecular weight excluding hydrogens is 364 g/mol. The smallest absolute Gasteiger partial charge is 0.335 e. The molecule has 2 N–H and O–H groups in total. The van der Waals surface area contributed by atoms with E-state index in [0.29, 0.717) is 23.8 Å². The van der Waals surface area contributed by atoms with Crippen LogP contribution in [0.2, 0.25) is 0 Å². The van der Waals surface area contributed by atoms with Crippen molar-refractivity contribution in [1.82, 2.24) is 0 Å². The predicted octanol–water partition coefficient (Wildman–Crippen LogP) is 2.54. The van der Waals surface area contributed by atoms with E-state index in [1.54, 1.807) is 31.2 Å². The summed E-state index contributed by atoms with van der Waals surface area (Å²) in [6, 6.07) is 11.1. The number of carboxylic acid groups (broad SMARTS) is 1. The highest BCUT2D eigenvalue weighted by Crippen LogP contribution is 2.35. The summed E-state index contributed by atoms with van der Waals surface area (Å²) >= 11 is 0. The molecule has 0 saturated carbocycles. The molecule has 2 amide bonds. The van der Waals surface area contributed by atoms with Gasteiger partial charge in [0.1, 0.15) is 18.0 Å². The van der Waals surface area contributed by atoms with E-state index < -0.39 is 23.9 Å². The second-order valence-electron chi connectivity index (χ2n) is 6.18. The van der Waals surface area contributed by atoms with Crippen LogP contribution >= 0.6 is 0 Å². The Morgan fingerprint density at radius 1 is 1.21 bits per heavy atom. The molecule has 1 unspecified atom stereocenters. The zero-order chi connectivity index (χ0) is 20.3. The molecule has 1 heterocycles. The van der Waals surface area contributed by atoms with E-state index in [1.807, 2.05) is 6.92 Å². The van der Waals surface area contributed by atoms with Crippen molar-refractivity contribution < 1.29 is 29.0 Å². The van der Waals surface area contributed by atoms with E-state index in [9.17, 15) is 19.5 Å². The summed E-state index contributed by atoms with van der Waals surface area (Å²) in [5.74, 6) is -0.929. The van der Waals surface area contributed by atoms with Crippen molar-refractivity contribution in [3.8, 4) is 11.5 Å². The van der Waals surface area contributed by atoms with Crippen molar-refractivity contribution >= 4 is 29.2 Å². The first-order chi connectivity index (χ1) is 13.4. The molecule has 0 aromatic heterocycles. The molecule has 0 saturated heterocycles. The molecule has 3 rings (SSSR count). The molecule has 0 spiro atoms. The van der Waals surface area contributed by atoms with E-state index in [-0.39, 0.29) is 17.8 Å². The number of carbonyl (C=O) groups excluding carboxylic acids is 2. The maximum Gasteiger partial charge on any atom is 0.335 e. The molecule has 0 aliphatic carbocycles. The van der Waals surface area contributed by atoms with Crippen LogP contribution in [0, 0.1) is 0 Å². The van der Waals surface area contributed by atoms with E-state index in [4.69, 9.17) is 9.47 Å². The Kier molecular flexibility index (Phi) is 5.49. The molecule has 8 heteroatoms. The topological polar surface area (TPSA) is 105 Å². The summed E-state index contributed by atoms with van der Waals surface area (Å²) in [5, 5.41) is 11.9. The van der Waals surface area contributed by atoms with Crippen molar-refractivity contribution in [3.63, 3.8) is 0 Å². The number of rotatable bonds is 6. The van der Waals surface area contributed by atoms with Gasteiger partial charge in [0.25, 0.3) is 5.91 Å². The first-order valence-corrected chi connectivity index (χ1v) is 8.77. The molecule has 1 aliphatic heterocycles. The number of fused-ring (bicyclic) bond motifs is 1. The van der Waals surface area contributed by atoms with E-state index in [0.717, 1.165) is 0 Å². The molecular formula is C20H20N2O6. The minimum Gasteiger partial charge on any atom is -0.494 e. The van der Waals surface area contributed by atoms with Crippen LogP contribution in [0.15, 0.2) is 42.5 Å². The fourth-order valence-corrected chi connectivity index (χ4v) is 2.85. The Labute approximate surface area is 161 Å². The Balaban J connectivity index is 1.78. The number of carbonyl (C=O) groups is 3. The van der Waals surface area contributed by atoms with Gasteiger partial charge in [-0.05, 0) is 56.3 Å². The van der Waals surface area contributed by atoms with E-state index in [1.165, 1.54) is 23.1 Å². The molecule has 2 aromatic rings. The maximum absolute atomic E-state index is 12.5. The summed E-state index contributed by atoms with van der Waals surface area (Å²) in [6.07, 6.45) is -0.776. The van der Waals surface area contributed by atoms with Gasteiger partial charge in [-0.25, -0.2) is 4.79 Å². The van der Waals surface area contributed by atoms with Gasteiger partial charge in [0.05, 0.1) is 17.9 Å². The summed E-state index contributed by atoms with van der Waals surface area (Å²) in [5.41, 5.74) is 0.813. The number of anilines is 2. The highest BCUT2D eigenvalue weighted by Gasteiger charge is 2.33. The number of carboxylic acids is 1. The minimum absolute atomic E-state index is 0.00150. The number of hydrogen-bond acceptors (Lipinski definition) is 5. The Bertz CT molecular complexity index is 909. The highest BCUT2D eigenvalue weighted by molar-refractivity contribution is 6.06. The van der Waals surface area contributed by atoms with Crippen molar-refractivity contribution in [2.24, 2.45) is 0 Å². The zero-order valence-corrected chi connectivity index (χ0v) is 15.5. The molecule has 146 valence electrons. The van der Waals surface area contributed by atoms with Crippen LogP contribution in [0.4, 0.5) is 11.4 Å². The van der Waals surface area contributed by atoms with Crippen molar-refractivity contribution in [3.05, 3.63) is 48.0 Å². The van der Waals surface area contributed by atoms with Crippen LogP contribution in [-0.4, -0.2) is 42.1 Å². The van der Waals surface area contributed by atoms with Crippen LogP contribution in [-0.2, 0) is 9.59 Å². The van der Waals surface area contributed by atoms with Gasteiger partial charge in [-0.2, -0.15) is 0 Å². The van der Waals surface area contributed by atoms with Crippen molar-refractivity contribution in [2.75, 3.05) is 23.4 Å². The summed E-state index contributed by atoms with van der Waals surface area (Å²) in [4.78, 5) is 37.5. The summed E-state index contributed by atoms with van der Waals surface area (Å²) in [6.45, 7) is 3.73. The Morgan fingerprint density at radius 2 is 1.93 bits per heavy atom. The van der Waals surface area contributed by atoms with Gasteiger partial charge in [0.15, 0.2) is 6.10 Å². The zero-order valence-electron chi connectivity index (χ0n) is 15.5. The fraction of sp³-hybridized carbons (Fsp3) is 0.250. The largest absolute Gasteiger partial charge is 0.494 e. The average molecular weight is 384 g/mol.